The first-order valence-electron chi connectivity index (χ1n) is 5.39. The summed E-state index contributed by atoms with van der Waals surface area (Å²) in [6.45, 7) is 0.611. The Bertz CT molecular complexity index is 498. The summed E-state index contributed by atoms with van der Waals surface area (Å²) in [5, 5.41) is 18.1. The highest BCUT2D eigenvalue weighted by Gasteiger charge is 2.11. The Balaban J connectivity index is 2.26. The average molecular weight is 237 g/mol. The zero-order chi connectivity index (χ0) is 12.3. The number of nitrogens with zero attached hydrogens (tertiary/aromatic N) is 4. The molecule has 0 radical (unpaired) electrons. The fourth-order valence-electron chi connectivity index (χ4n) is 1.70. The number of hydrogen-bond acceptors (Lipinski definition) is 6. The minimum Gasteiger partial charge on any atom is -0.396 e. The topological polar surface area (TPSA) is 110 Å². The molecule has 0 aromatic carbocycles. The number of aromatic nitrogens is 4. The lowest BCUT2D eigenvalue weighted by Crippen LogP contribution is -2.16. The van der Waals surface area contributed by atoms with Crippen molar-refractivity contribution in [2.45, 2.75) is 13.0 Å². The Morgan fingerprint density at radius 3 is 2.88 bits per heavy atom. The smallest absolute Gasteiger partial charge is 0.222 e. The van der Waals surface area contributed by atoms with Gasteiger partial charge in [-0.2, -0.15) is 4.98 Å². The minimum absolute atomic E-state index is 0.0147. The molecule has 2 heterocycles. The van der Waals surface area contributed by atoms with Gasteiger partial charge in [-0.25, -0.2) is 9.97 Å². The van der Waals surface area contributed by atoms with Crippen molar-refractivity contribution in [2.24, 2.45) is 5.92 Å². The molecule has 0 aliphatic carbocycles. The first-order chi connectivity index (χ1) is 8.24. The highest BCUT2D eigenvalue weighted by molar-refractivity contribution is 5.70. The zero-order valence-corrected chi connectivity index (χ0v) is 9.32. The summed E-state index contributed by atoms with van der Waals surface area (Å²) in [6.07, 6.45) is 3.74. The number of aliphatic hydroxyl groups excluding tert-OH is 2. The fraction of sp³-hybridized carbons (Fsp3) is 0.500. The summed E-state index contributed by atoms with van der Waals surface area (Å²) in [7, 11) is 0. The maximum atomic E-state index is 9.18. The van der Waals surface area contributed by atoms with Crippen molar-refractivity contribution in [3.63, 3.8) is 0 Å². The third-order valence-electron chi connectivity index (χ3n) is 2.63. The van der Waals surface area contributed by atoms with E-state index in [9.17, 15) is 5.11 Å². The van der Waals surface area contributed by atoms with Gasteiger partial charge in [0.05, 0.1) is 12.5 Å². The number of rotatable bonds is 5. The Morgan fingerprint density at radius 1 is 1.35 bits per heavy atom. The van der Waals surface area contributed by atoms with E-state index in [1.165, 1.54) is 0 Å². The number of anilines is 1. The Morgan fingerprint density at radius 2 is 2.18 bits per heavy atom. The third kappa shape index (κ3) is 2.51. The molecule has 0 saturated heterocycles. The highest BCUT2D eigenvalue weighted by atomic mass is 16.3. The summed E-state index contributed by atoms with van der Waals surface area (Å²) < 4.78 is 1.81. The van der Waals surface area contributed by atoms with Crippen molar-refractivity contribution in [2.75, 3.05) is 18.9 Å². The van der Waals surface area contributed by atoms with E-state index >= 15 is 0 Å². The van der Waals surface area contributed by atoms with Crippen molar-refractivity contribution in [1.82, 2.24) is 19.5 Å². The summed E-state index contributed by atoms with van der Waals surface area (Å²) in [6, 6.07) is 0. The lowest BCUT2D eigenvalue weighted by Gasteiger charge is -2.13. The van der Waals surface area contributed by atoms with Crippen LogP contribution in [0.5, 0.6) is 0 Å². The minimum atomic E-state index is -0.0198. The van der Waals surface area contributed by atoms with Crippen LogP contribution in [0.15, 0.2) is 12.5 Å². The van der Waals surface area contributed by atoms with E-state index in [-0.39, 0.29) is 25.1 Å². The van der Waals surface area contributed by atoms with E-state index in [0.29, 0.717) is 24.1 Å². The summed E-state index contributed by atoms with van der Waals surface area (Å²) in [5.41, 5.74) is 6.83. The molecule has 0 aliphatic rings. The second-order valence-electron chi connectivity index (χ2n) is 3.89. The highest BCUT2D eigenvalue weighted by Crippen LogP contribution is 2.13. The largest absolute Gasteiger partial charge is 0.396 e. The van der Waals surface area contributed by atoms with Gasteiger partial charge in [0.2, 0.25) is 5.95 Å². The average Bonchev–Trinajstić information content (AvgIpc) is 2.71. The molecule has 1 unspecified atom stereocenters. The van der Waals surface area contributed by atoms with Gasteiger partial charge < -0.3 is 20.5 Å². The molecule has 0 bridgehead atoms. The van der Waals surface area contributed by atoms with Gasteiger partial charge in [-0.15, -0.1) is 0 Å². The molecule has 7 nitrogen and oxygen atoms in total. The van der Waals surface area contributed by atoms with Crippen molar-refractivity contribution in [3.8, 4) is 0 Å². The molecule has 2 aromatic heterocycles. The number of aliphatic hydroxyl groups is 2. The van der Waals surface area contributed by atoms with Crippen LogP contribution in [-0.4, -0.2) is 42.9 Å². The van der Waals surface area contributed by atoms with Crippen LogP contribution in [0, 0.1) is 5.92 Å². The molecule has 17 heavy (non-hydrogen) atoms. The van der Waals surface area contributed by atoms with E-state index in [1.54, 1.807) is 12.5 Å². The van der Waals surface area contributed by atoms with Gasteiger partial charge in [-0.1, -0.05) is 0 Å². The molecule has 0 amide bonds. The van der Waals surface area contributed by atoms with Crippen LogP contribution >= 0.6 is 0 Å². The number of fused-ring (bicyclic) bond motifs is 1. The van der Waals surface area contributed by atoms with Crippen LogP contribution in [0.25, 0.3) is 11.2 Å². The number of imidazole rings is 1. The van der Waals surface area contributed by atoms with Crippen molar-refractivity contribution in [3.05, 3.63) is 12.5 Å². The first kappa shape index (κ1) is 11.7. The van der Waals surface area contributed by atoms with Crippen LogP contribution < -0.4 is 5.73 Å². The molecule has 2 aromatic rings. The second kappa shape index (κ2) is 5.07. The van der Waals surface area contributed by atoms with Crippen LogP contribution in [0.2, 0.25) is 0 Å². The summed E-state index contributed by atoms with van der Waals surface area (Å²) in [5.74, 6) is 0.176. The van der Waals surface area contributed by atoms with E-state index in [1.807, 2.05) is 4.57 Å². The van der Waals surface area contributed by atoms with E-state index in [2.05, 4.69) is 15.0 Å². The summed E-state index contributed by atoms with van der Waals surface area (Å²) in [4.78, 5) is 12.1. The molecular formula is C10H15N5O2. The van der Waals surface area contributed by atoms with Gasteiger partial charge >= 0.3 is 0 Å². The van der Waals surface area contributed by atoms with Gasteiger partial charge in [0.25, 0.3) is 0 Å². The van der Waals surface area contributed by atoms with Crippen LogP contribution in [-0.2, 0) is 6.54 Å². The van der Waals surface area contributed by atoms with Crippen LogP contribution in [0.4, 0.5) is 5.95 Å². The molecule has 4 N–H and O–H groups in total. The Labute approximate surface area is 97.9 Å². The van der Waals surface area contributed by atoms with Gasteiger partial charge in [0.1, 0.15) is 5.52 Å². The standard InChI is InChI=1S/C10H15N5O2/c11-10-12-3-8-9(14-10)15(6-13-8)4-7(5-17)1-2-16/h3,6-7,16-17H,1-2,4-5H2,(H2,11,12,14). The molecular weight excluding hydrogens is 222 g/mol. The molecule has 0 saturated carbocycles. The first-order valence-corrected chi connectivity index (χ1v) is 5.39. The SMILES string of the molecule is Nc1ncc2ncn(CC(CO)CCO)c2n1. The number of nitrogens with two attached hydrogens (primary N) is 1. The van der Waals surface area contributed by atoms with Crippen molar-refractivity contribution in [1.29, 1.82) is 0 Å². The van der Waals surface area contributed by atoms with Crippen LogP contribution in [0.3, 0.4) is 0 Å². The Kier molecular flexibility index (Phi) is 3.50. The quantitative estimate of drug-likeness (QED) is 0.640. The predicted molar refractivity (Wildman–Crippen MR) is 62.0 cm³/mol. The molecule has 92 valence electrons. The monoisotopic (exact) mass is 237 g/mol. The maximum absolute atomic E-state index is 9.18. The van der Waals surface area contributed by atoms with Crippen LogP contribution in [0.1, 0.15) is 6.42 Å². The molecule has 0 aliphatic heterocycles. The maximum Gasteiger partial charge on any atom is 0.222 e. The number of nitrogen functional groups attached to an aromatic ring is 1. The van der Waals surface area contributed by atoms with E-state index in [4.69, 9.17) is 10.8 Å². The lowest BCUT2D eigenvalue weighted by atomic mass is 10.1. The van der Waals surface area contributed by atoms with E-state index < -0.39 is 0 Å². The molecule has 0 fully saturated rings. The normalized spacial score (nSPS) is 13.1. The molecule has 1 atom stereocenters. The fourth-order valence-corrected chi connectivity index (χ4v) is 1.70. The third-order valence-corrected chi connectivity index (χ3v) is 2.63. The second-order valence-corrected chi connectivity index (χ2v) is 3.89. The zero-order valence-electron chi connectivity index (χ0n) is 9.32. The number of hydrogen-bond donors (Lipinski definition) is 3. The van der Waals surface area contributed by atoms with E-state index in [0.717, 1.165) is 0 Å². The lowest BCUT2D eigenvalue weighted by molar-refractivity contribution is 0.171. The molecule has 2 rings (SSSR count). The van der Waals surface area contributed by atoms with Gasteiger partial charge in [-0.3, -0.25) is 0 Å². The summed E-state index contributed by atoms with van der Waals surface area (Å²) >= 11 is 0. The van der Waals surface area contributed by atoms with Gasteiger partial charge in [-0.05, 0) is 6.42 Å². The van der Waals surface area contributed by atoms with Crippen molar-refractivity contribution >= 4 is 17.1 Å². The Hall–Kier alpha value is -1.73. The molecule has 7 heteroatoms. The van der Waals surface area contributed by atoms with Crippen molar-refractivity contribution < 1.29 is 10.2 Å². The molecule has 0 spiro atoms. The van der Waals surface area contributed by atoms with Gasteiger partial charge in [0.15, 0.2) is 5.65 Å². The van der Waals surface area contributed by atoms with Gasteiger partial charge in [0, 0.05) is 25.7 Å². The predicted octanol–water partition coefficient (Wildman–Crippen LogP) is -0.601.